The van der Waals surface area contributed by atoms with Gasteiger partial charge in [-0.05, 0) is 25.5 Å². The summed E-state index contributed by atoms with van der Waals surface area (Å²) < 4.78 is 4.79. The Kier molecular flexibility index (Phi) is 5.71. The van der Waals surface area contributed by atoms with Gasteiger partial charge < -0.3 is 10.5 Å². The Balaban J connectivity index is 2.27. The number of ether oxygens (including phenoxy) is 1. The predicted octanol–water partition coefficient (Wildman–Crippen LogP) is 2.70. The first-order valence-electron chi connectivity index (χ1n) is 5.61. The normalized spacial score (nSPS) is 10.6. The van der Waals surface area contributed by atoms with Crippen LogP contribution in [0, 0.1) is 0 Å². The average Bonchev–Trinajstić information content (AvgIpc) is 2.31. The minimum Gasteiger partial charge on any atom is -0.466 e. The van der Waals surface area contributed by atoms with Gasteiger partial charge >= 0.3 is 5.97 Å². The zero-order chi connectivity index (χ0) is 12.5. The lowest BCUT2D eigenvalue weighted by Crippen LogP contribution is -2.03. The topological polar surface area (TPSA) is 77.0 Å². The van der Waals surface area contributed by atoms with Crippen LogP contribution in [0.15, 0.2) is 34.5 Å². The summed E-state index contributed by atoms with van der Waals surface area (Å²) in [6, 6.07) is 7.26. The van der Waals surface area contributed by atoms with Crippen LogP contribution in [-0.2, 0) is 9.53 Å². The maximum Gasteiger partial charge on any atom is 0.305 e. The highest BCUT2D eigenvalue weighted by Crippen LogP contribution is 2.20. The van der Waals surface area contributed by atoms with Crippen LogP contribution in [-0.4, -0.2) is 19.1 Å². The molecule has 0 spiro atoms. The quantitative estimate of drug-likeness (QED) is 0.356. The van der Waals surface area contributed by atoms with Crippen LogP contribution in [0.1, 0.15) is 19.8 Å². The molecule has 0 unspecified atom stereocenters. The van der Waals surface area contributed by atoms with Crippen LogP contribution >= 0.6 is 0 Å². The van der Waals surface area contributed by atoms with E-state index in [1.807, 2.05) is 12.1 Å². The van der Waals surface area contributed by atoms with Crippen molar-refractivity contribution in [3.63, 3.8) is 0 Å². The number of para-hydroxylation sites is 1. The summed E-state index contributed by atoms with van der Waals surface area (Å²) in [5.41, 5.74) is 6.95. The molecular formula is C12H17N3O2. The molecule has 17 heavy (non-hydrogen) atoms. The highest BCUT2D eigenvalue weighted by Gasteiger charge is 2.00. The third-order valence-corrected chi connectivity index (χ3v) is 2.06. The molecule has 1 rings (SSSR count). The van der Waals surface area contributed by atoms with Gasteiger partial charge in [0.2, 0.25) is 0 Å². The van der Waals surface area contributed by atoms with Crippen molar-refractivity contribution in [1.29, 1.82) is 0 Å². The van der Waals surface area contributed by atoms with E-state index in [-0.39, 0.29) is 5.97 Å². The van der Waals surface area contributed by atoms with Crippen LogP contribution in [0.5, 0.6) is 0 Å². The van der Waals surface area contributed by atoms with Crippen molar-refractivity contribution in [3.05, 3.63) is 24.3 Å². The van der Waals surface area contributed by atoms with Gasteiger partial charge in [0.05, 0.1) is 18.8 Å². The van der Waals surface area contributed by atoms with Gasteiger partial charge in [-0.25, -0.2) is 0 Å². The minimum absolute atomic E-state index is 0.193. The second kappa shape index (κ2) is 7.38. The van der Waals surface area contributed by atoms with Gasteiger partial charge in [0.25, 0.3) is 0 Å². The van der Waals surface area contributed by atoms with E-state index in [2.05, 4.69) is 10.2 Å². The third-order valence-electron chi connectivity index (χ3n) is 2.06. The van der Waals surface area contributed by atoms with E-state index in [4.69, 9.17) is 10.5 Å². The molecule has 2 N–H and O–H groups in total. The lowest BCUT2D eigenvalue weighted by atomic mass is 10.3. The number of azo groups is 1. The van der Waals surface area contributed by atoms with E-state index in [1.54, 1.807) is 19.1 Å². The van der Waals surface area contributed by atoms with Crippen LogP contribution < -0.4 is 5.73 Å². The molecule has 0 saturated carbocycles. The zero-order valence-electron chi connectivity index (χ0n) is 9.93. The average molecular weight is 235 g/mol. The van der Waals surface area contributed by atoms with Crippen molar-refractivity contribution in [1.82, 2.24) is 0 Å². The standard InChI is InChI=1S/C12H17N3O2/c1-2-17-12(16)8-5-9-14-15-11-7-4-3-6-10(11)13/h3-4,6-7H,2,5,8-9,13H2,1H3. The molecule has 1 aromatic rings. The highest BCUT2D eigenvalue weighted by molar-refractivity contribution is 5.69. The molecule has 0 fully saturated rings. The van der Waals surface area contributed by atoms with Crippen molar-refractivity contribution in [2.24, 2.45) is 10.2 Å². The van der Waals surface area contributed by atoms with Crippen LogP contribution in [0.2, 0.25) is 0 Å². The largest absolute Gasteiger partial charge is 0.466 e. The van der Waals surface area contributed by atoms with E-state index in [1.165, 1.54) is 0 Å². The fraction of sp³-hybridized carbons (Fsp3) is 0.417. The monoisotopic (exact) mass is 235 g/mol. The van der Waals surface area contributed by atoms with Gasteiger partial charge in [-0.1, -0.05) is 12.1 Å². The van der Waals surface area contributed by atoms with Gasteiger partial charge in [-0.2, -0.15) is 10.2 Å². The maximum atomic E-state index is 11.0. The molecule has 0 radical (unpaired) electrons. The number of anilines is 1. The predicted molar refractivity (Wildman–Crippen MR) is 66.1 cm³/mol. The number of benzene rings is 1. The molecular weight excluding hydrogens is 218 g/mol. The van der Waals surface area contributed by atoms with Crippen molar-refractivity contribution in [3.8, 4) is 0 Å². The number of rotatable bonds is 6. The number of nitrogens with zero attached hydrogens (tertiary/aromatic N) is 2. The molecule has 5 nitrogen and oxygen atoms in total. The molecule has 0 aliphatic rings. The summed E-state index contributed by atoms with van der Waals surface area (Å²) in [4.78, 5) is 11.0. The van der Waals surface area contributed by atoms with Crippen molar-refractivity contribution < 1.29 is 9.53 Å². The second-order valence-corrected chi connectivity index (χ2v) is 3.43. The Morgan fingerprint density at radius 3 is 2.88 bits per heavy atom. The minimum atomic E-state index is -0.193. The molecule has 0 heterocycles. The van der Waals surface area contributed by atoms with Gasteiger partial charge in [-0.15, -0.1) is 0 Å². The van der Waals surface area contributed by atoms with Crippen LogP contribution in [0.25, 0.3) is 0 Å². The number of nitrogen functional groups attached to an aromatic ring is 1. The molecule has 0 aliphatic carbocycles. The Morgan fingerprint density at radius 1 is 1.41 bits per heavy atom. The molecule has 0 amide bonds. The van der Waals surface area contributed by atoms with E-state index in [0.717, 1.165) is 0 Å². The fourth-order valence-electron chi connectivity index (χ4n) is 1.23. The SMILES string of the molecule is CCOC(=O)CCCN=Nc1ccccc1N. The Hall–Kier alpha value is -1.91. The van der Waals surface area contributed by atoms with Crippen LogP contribution in [0.4, 0.5) is 11.4 Å². The fourth-order valence-corrected chi connectivity index (χ4v) is 1.23. The third kappa shape index (κ3) is 5.10. The summed E-state index contributed by atoms with van der Waals surface area (Å²) in [5.74, 6) is -0.193. The number of esters is 1. The number of carbonyl (C=O) groups is 1. The Labute approximate surface area is 101 Å². The summed E-state index contributed by atoms with van der Waals surface area (Å²) in [7, 11) is 0. The van der Waals surface area contributed by atoms with Crippen molar-refractivity contribution in [2.45, 2.75) is 19.8 Å². The van der Waals surface area contributed by atoms with Gasteiger partial charge in [0.1, 0.15) is 5.69 Å². The smallest absolute Gasteiger partial charge is 0.305 e. The number of nitrogens with two attached hydrogens (primary N) is 1. The van der Waals surface area contributed by atoms with Crippen molar-refractivity contribution in [2.75, 3.05) is 18.9 Å². The molecule has 1 aromatic carbocycles. The molecule has 5 heteroatoms. The van der Waals surface area contributed by atoms with Gasteiger partial charge in [0, 0.05) is 6.42 Å². The number of hydrogen-bond acceptors (Lipinski definition) is 5. The summed E-state index contributed by atoms with van der Waals surface area (Å²) >= 11 is 0. The van der Waals surface area contributed by atoms with E-state index in [0.29, 0.717) is 37.4 Å². The maximum absolute atomic E-state index is 11.0. The number of carbonyl (C=O) groups excluding carboxylic acids is 1. The summed E-state index contributed by atoms with van der Waals surface area (Å²) in [6.45, 7) is 2.70. The van der Waals surface area contributed by atoms with E-state index >= 15 is 0 Å². The molecule has 0 aliphatic heterocycles. The Morgan fingerprint density at radius 2 is 2.18 bits per heavy atom. The molecule has 0 atom stereocenters. The first-order chi connectivity index (χ1) is 8.24. The molecule has 0 saturated heterocycles. The first kappa shape index (κ1) is 13.2. The highest BCUT2D eigenvalue weighted by atomic mass is 16.5. The summed E-state index contributed by atoms with van der Waals surface area (Å²) in [5, 5.41) is 7.97. The van der Waals surface area contributed by atoms with Gasteiger partial charge in [-0.3, -0.25) is 4.79 Å². The van der Waals surface area contributed by atoms with Gasteiger partial charge in [0.15, 0.2) is 0 Å². The van der Waals surface area contributed by atoms with E-state index in [9.17, 15) is 4.79 Å². The lowest BCUT2D eigenvalue weighted by Gasteiger charge is -1.99. The molecule has 92 valence electrons. The lowest BCUT2D eigenvalue weighted by molar-refractivity contribution is -0.143. The molecule has 0 aromatic heterocycles. The second-order valence-electron chi connectivity index (χ2n) is 3.43. The van der Waals surface area contributed by atoms with E-state index < -0.39 is 0 Å². The first-order valence-corrected chi connectivity index (χ1v) is 5.61. The van der Waals surface area contributed by atoms with Crippen LogP contribution in [0.3, 0.4) is 0 Å². The molecule has 0 bridgehead atoms. The van der Waals surface area contributed by atoms with Crippen molar-refractivity contribution >= 4 is 17.3 Å². The summed E-state index contributed by atoms with van der Waals surface area (Å²) in [6.07, 6.45) is 1.01. The Bertz CT molecular complexity index is 391. The number of hydrogen-bond donors (Lipinski definition) is 1. The zero-order valence-corrected chi connectivity index (χ0v) is 9.93.